The summed E-state index contributed by atoms with van der Waals surface area (Å²) < 4.78 is 32.2. The van der Waals surface area contributed by atoms with Gasteiger partial charge in [-0.15, -0.1) is 0 Å². The van der Waals surface area contributed by atoms with Gasteiger partial charge in [-0.05, 0) is 48.4 Å². The Labute approximate surface area is 228 Å². The number of ether oxygens (including phenoxy) is 1. The second kappa shape index (κ2) is 9.50. The molecular formula is C30H31N5O3S. The standard InChI is InChI=1S/C30H31N5O3S/c31-29-28-25(23-7-6-22-8-9-26(38-27(22)16-23)21-4-2-1-3-5-21)18-35(30(28)33-19-32-29)24-14-20(15-24)17-34-10-12-39(36,37)13-11-34/h1-7,9,16,18-20,24H,8,10-15,17H2,(H2,31,32,33). The van der Waals surface area contributed by atoms with Crippen molar-refractivity contribution in [3.8, 4) is 16.9 Å². The fourth-order valence-electron chi connectivity index (χ4n) is 6.11. The molecule has 4 heterocycles. The number of aromatic nitrogens is 3. The molecule has 0 unspecified atom stereocenters. The molecule has 1 saturated heterocycles. The zero-order chi connectivity index (χ0) is 26.6. The molecule has 0 spiro atoms. The van der Waals surface area contributed by atoms with Gasteiger partial charge in [-0.3, -0.25) is 0 Å². The SMILES string of the molecule is Nc1ncnc2c1c(-c1ccc3c(c1)OC(c1ccccc1)=CC3)cn2C1CC(CN2CCS(=O)(=O)CC2)C1. The monoisotopic (exact) mass is 541 g/mol. The van der Waals surface area contributed by atoms with Crippen LogP contribution >= 0.6 is 0 Å². The van der Waals surface area contributed by atoms with Crippen LogP contribution in [0.5, 0.6) is 5.75 Å². The Hall–Kier alpha value is -3.69. The Morgan fingerprint density at radius 2 is 1.79 bits per heavy atom. The zero-order valence-corrected chi connectivity index (χ0v) is 22.5. The van der Waals surface area contributed by atoms with Crippen molar-refractivity contribution in [3.63, 3.8) is 0 Å². The molecule has 39 heavy (non-hydrogen) atoms. The van der Waals surface area contributed by atoms with Gasteiger partial charge in [0.1, 0.15) is 29.3 Å². The van der Waals surface area contributed by atoms with E-state index in [0.29, 0.717) is 30.9 Å². The van der Waals surface area contributed by atoms with E-state index in [0.717, 1.165) is 70.6 Å². The molecule has 200 valence electrons. The van der Waals surface area contributed by atoms with Gasteiger partial charge >= 0.3 is 0 Å². The van der Waals surface area contributed by atoms with Gasteiger partial charge < -0.3 is 19.9 Å². The number of nitrogens with two attached hydrogens (primary N) is 1. The van der Waals surface area contributed by atoms with E-state index in [4.69, 9.17) is 10.5 Å². The number of nitrogens with zero attached hydrogens (tertiary/aromatic N) is 4. The summed E-state index contributed by atoms with van der Waals surface area (Å²) in [7, 11) is -2.85. The number of anilines is 1. The first-order chi connectivity index (χ1) is 18.9. The molecule has 1 aliphatic carbocycles. The Morgan fingerprint density at radius 1 is 1.00 bits per heavy atom. The van der Waals surface area contributed by atoms with Crippen LogP contribution in [-0.4, -0.2) is 59.0 Å². The fraction of sp³-hybridized carbons (Fsp3) is 0.333. The van der Waals surface area contributed by atoms with Gasteiger partial charge in [-0.2, -0.15) is 0 Å². The van der Waals surface area contributed by atoms with Gasteiger partial charge in [0, 0.05) is 43.0 Å². The molecule has 8 nitrogen and oxygen atoms in total. The highest BCUT2D eigenvalue weighted by atomic mass is 32.2. The predicted molar refractivity (Wildman–Crippen MR) is 153 cm³/mol. The van der Waals surface area contributed by atoms with Crippen LogP contribution in [0.4, 0.5) is 5.82 Å². The average molecular weight is 542 g/mol. The van der Waals surface area contributed by atoms with Crippen molar-refractivity contribution in [2.75, 3.05) is 36.9 Å². The topological polar surface area (TPSA) is 103 Å². The lowest BCUT2D eigenvalue weighted by Crippen LogP contribution is -2.44. The number of fused-ring (bicyclic) bond motifs is 2. The molecule has 0 bridgehead atoms. The smallest absolute Gasteiger partial charge is 0.152 e. The first kappa shape index (κ1) is 24.4. The van der Waals surface area contributed by atoms with Crippen molar-refractivity contribution in [2.45, 2.75) is 25.3 Å². The van der Waals surface area contributed by atoms with Crippen LogP contribution in [0.15, 0.2) is 67.1 Å². The molecule has 0 atom stereocenters. The largest absolute Gasteiger partial charge is 0.457 e. The second-order valence-electron chi connectivity index (χ2n) is 10.9. The first-order valence-electron chi connectivity index (χ1n) is 13.5. The summed E-state index contributed by atoms with van der Waals surface area (Å²) in [6.07, 6.45) is 8.73. The maximum atomic E-state index is 11.8. The van der Waals surface area contributed by atoms with Crippen molar-refractivity contribution in [1.29, 1.82) is 0 Å². The van der Waals surface area contributed by atoms with Gasteiger partial charge in [0.15, 0.2) is 9.84 Å². The molecule has 2 aliphatic heterocycles. The van der Waals surface area contributed by atoms with E-state index >= 15 is 0 Å². The van der Waals surface area contributed by atoms with Crippen LogP contribution in [-0.2, 0) is 16.3 Å². The lowest BCUT2D eigenvalue weighted by atomic mass is 9.79. The summed E-state index contributed by atoms with van der Waals surface area (Å²) >= 11 is 0. The summed E-state index contributed by atoms with van der Waals surface area (Å²) in [5.41, 5.74) is 11.5. The van der Waals surface area contributed by atoms with E-state index in [2.05, 4.69) is 62.0 Å². The summed E-state index contributed by atoms with van der Waals surface area (Å²) in [5.74, 6) is 3.31. The van der Waals surface area contributed by atoms with Crippen molar-refractivity contribution < 1.29 is 13.2 Å². The Kier molecular flexibility index (Phi) is 5.93. The van der Waals surface area contributed by atoms with Crippen LogP contribution in [0, 0.1) is 5.92 Å². The molecule has 0 radical (unpaired) electrons. The van der Waals surface area contributed by atoms with Gasteiger partial charge in [-0.1, -0.05) is 42.5 Å². The number of sulfone groups is 1. The first-order valence-corrected chi connectivity index (χ1v) is 15.4. The molecular weight excluding hydrogens is 510 g/mol. The number of allylic oxidation sites excluding steroid dienone is 1. The lowest BCUT2D eigenvalue weighted by Gasteiger charge is -2.40. The lowest BCUT2D eigenvalue weighted by molar-refractivity contribution is 0.136. The van der Waals surface area contributed by atoms with E-state index in [-0.39, 0.29) is 11.5 Å². The van der Waals surface area contributed by atoms with E-state index in [1.54, 1.807) is 0 Å². The van der Waals surface area contributed by atoms with Crippen molar-refractivity contribution in [2.24, 2.45) is 5.92 Å². The molecule has 2 fully saturated rings. The van der Waals surface area contributed by atoms with Crippen molar-refractivity contribution in [1.82, 2.24) is 19.4 Å². The van der Waals surface area contributed by atoms with Crippen LogP contribution in [0.3, 0.4) is 0 Å². The van der Waals surface area contributed by atoms with E-state index < -0.39 is 9.84 Å². The molecule has 9 heteroatoms. The summed E-state index contributed by atoms with van der Waals surface area (Å²) in [6, 6.07) is 16.9. The molecule has 2 aromatic carbocycles. The van der Waals surface area contributed by atoms with Crippen LogP contribution in [0.1, 0.15) is 30.0 Å². The summed E-state index contributed by atoms with van der Waals surface area (Å²) in [4.78, 5) is 11.2. The van der Waals surface area contributed by atoms with Crippen LogP contribution < -0.4 is 10.5 Å². The quantitative estimate of drug-likeness (QED) is 0.401. The minimum absolute atomic E-state index is 0.276. The molecule has 2 aromatic heterocycles. The highest BCUT2D eigenvalue weighted by Crippen LogP contribution is 2.44. The summed E-state index contributed by atoms with van der Waals surface area (Å²) in [5, 5.41) is 0.872. The molecule has 3 aliphatic rings. The molecule has 2 N–H and O–H groups in total. The normalized spacial score (nSPS) is 22.5. The van der Waals surface area contributed by atoms with Crippen molar-refractivity contribution >= 4 is 32.4 Å². The summed E-state index contributed by atoms with van der Waals surface area (Å²) in [6.45, 7) is 2.24. The maximum Gasteiger partial charge on any atom is 0.152 e. The average Bonchev–Trinajstić information content (AvgIpc) is 3.31. The minimum atomic E-state index is -2.85. The molecule has 4 aromatic rings. The van der Waals surface area contributed by atoms with Gasteiger partial charge in [-0.25, -0.2) is 18.4 Å². The van der Waals surface area contributed by atoms with E-state index in [9.17, 15) is 8.42 Å². The third kappa shape index (κ3) is 4.59. The maximum absolute atomic E-state index is 11.8. The molecule has 1 saturated carbocycles. The highest BCUT2D eigenvalue weighted by molar-refractivity contribution is 7.91. The predicted octanol–water partition coefficient (Wildman–Crippen LogP) is 4.34. The second-order valence-corrected chi connectivity index (χ2v) is 13.2. The van der Waals surface area contributed by atoms with E-state index in [1.807, 2.05) is 18.2 Å². The zero-order valence-electron chi connectivity index (χ0n) is 21.7. The Bertz CT molecular complexity index is 1680. The third-order valence-electron chi connectivity index (χ3n) is 8.36. The number of nitrogen functional groups attached to an aromatic ring is 1. The minimum Gasteiger partial charge on any atom is -0.457 e. The number of hydrogen-bond donors (Lipinski definition) is 1. The third-order valence-corrected chi connectivity index (χ3v) is 9.97. The van der Waals surface area contributed by atoms with Gasteiger partial charge in [0.05, 0.1) is 16.9 Å². The van der Waals surface area contributed by atoms with Crippen LogP contribution in [0.2, 0.25) is 0 Å². The number of hydrogen-bond acceptors (Lipinski definition) is 7. The van der Waals surface area contributed by atoms with Crippen molar-refractivity contribution in [3.05, 3.63) is 78.3 Å². The molecule has 7 rings (SSSR count). The van der Waals surface area contributed by atoms with Crippen LogP contribution in [0.25, 0.3) is 27.9 Å². The highest BCUT2D eigenvalue weighted by Gasteiger charge is 2.35. The number of rotatable bonds is 5. The molecule has 0 amide bonds. The van der Waals surface area contributed by atoms with Gasteiger partial charge in [0.2, 0.25) is 0 Å². The number of benzene rings is 2. The van der Waals surface area contributed by atoms with E-state index in [1.165, 1.54) is 6.33 Å². The fourth-order valence-corrected chi connectivity index (χ4v) is 7.38. The van der Waals surface area contributed by atoms with Gasteiger partial charge in [0.25, 0.3) is 0 Å². The Morgan fingerprint density at radius 3 is 2.59 bits per heavy atom. The Balaban J connectivity index is 1.14.